The van der Waals surface area contributed by atoms with Crippen molar-refractivity contribution < 1.29 is 27.5 Å². The number of aromatic nitrogens is 4. The number of nitrogens with zero attached hydrogens (tertiary/aromatic N) is 5. The summed E-state index contributed by atoms with van der Waals surface area (Å²) < 4.78 is 43.4. The van der Waals surface area contributed by atoms with Crippen molar-refractivity contribution in [3.8, 4) is 6.01 Å². The highest BCUT2D eigenvalue weighted by Gasteiger charge is 2.30. The fourth-order valence-corrected chi connectivity index (χ4v) is 4.05. The molecule has 1 aliphatic carbocycles. The largest absolute Gasteiger partial charge is 0.463 e. The highest BCUT2D eigenvalue weighted by molar-refractivity contribution is 5.95. The van der Waals surface area contributed by atoms with Crippen molar-refractivity contribution in [2.45, 2.75) is 44.2 Å². The molecule has 3 heterocycles. The number of alkyl halides is 3. The van der Waals surface area contributed by atoms with E-state index in [1.54, 1.807) is 22.3 Å². The van der Waals surface area contributed by atoms with Crippen LogP contribution in [-0.2, 0) is 0 Å². The Kier molecular flexibility index (Phi) is 7.40. The predicted molar refractivity (Wildman–Crippen MR) is 122 cm³/mol. The summed E-state index contributed by atoms with van der Waals surface area (Å²) in [6, 6.07) is 3.25. The molecule has 0 unspecified atom stereocenters. The first-order valence-corrected chi connectivity index (χ1v) is 11.6. The number of nitrogens with two attached hydrogens (primary N) is 2. The molecule has 2 aromatic rings. The topological polar surface area (TPSA) is 162 Å². The first kappa shape index (κ1) is 25.4. The maximum absolute atomic E-state index is 12.6. The number of halogens is 3. The van der Waals surface area contributed by atoms with Crippen molar-refractivity contribution in [2.24, 2.45) is 11.7 Å². The Bertz CT molecular complexity index is 1120. The Morgan fingerprint density at radius 3 is 2.42 bits per heavy atom. The van der Waals surface area contributed by atoms with Gasteiger partial charge in [-0.05, 0) is 43.7 Å². The number of rotatable bonds is 8. The van der Waals surface area contributed by atoms with Gasteiger partial charge in [0.25, 0.3) is 11.8 Å². The number of amides is 2. The molecule has 0 spiro atoms. The number of carbonyl (C=O) groups is 2. The number of nitrogen functional groups attached to an aromatic ring is 1. The van der Waals surface area contributed by atoms with Crippen LogP contribution in [0.2, 0.25) is 0 Å². The fourth-order valence-electron chi connectivity index (χ4n) is 4.05. The van der Waals surface area contributed by atoms with Crippen LogP contribution in [0, 0.1) is 5.92 Å². The molecule has 14 heteroatoms. The van der Waals surface area contributed by atoms with Crippen LogP contribution in [0.5, 0.6) is 6.01 Å². The fraction of sp³-hybridized carbons (Fsp3) is 0.545. The number of hydrogen-bond donors (Lipinski definition) is 3. The van der Waals surface area contributed by atoms with Gasteiger partial charge in [-0.15, -0.1) is 0 Å². The molecular formula is C22H27F3N8O3. The summed E-state index contributed by atoms with van der Waals surface area (Å²) in [5.41, 5.74) is 12.0. The first-order chi connectivity index (χ1) is 17.1. The van der Waals surface area contributed by atoms with E-state index in [1.807, 2.05) is 0 Å². The van der Waals surface area contributed by atoms with Gasteiger partial charge < -0.3 is 26.4 Å². The maximum Gasteiger partial charge on any atom is 0.405 e. The van der Waals surface area contributed by atoms with Crippen molar-refractivity contribution >= 4 is 23.5 Å². The Morgan fingerprint density at radius 1 is 1.08 bits per heavy atom. The van der Waals surface area contributed by atoms with Crippen LogP contribution >= 0.6 is 0 Å². The van der Waals surface area contributed by atoms with Crippen LogP contribution in [0.1, 0.15) is 64.8 Å². The van der Waals surface area contributed by atoms with Gasteiger partial charge >= 0.3 is 12.2 Å². The van der Waals surface area contributed by atoms with Crippen LogP contribution in [0.25, 0.3) is 0 Å². The molecule has 2 amide bonds. The van der Waals surface area contributed by atoms with E-state index < -0.39 is 30.4 Å². The Morgan fingerprint density at radius 2 is 1.81 bits per heavy atom. The molecule has 2 fully saturated rings. The summed E-state index contributed by atoms with van der Waals surface area (Å²) >= 11 is 0. The molecule has 2 aromatic heterocycles. The van der Waals surface area contributed by atoms with Gasteiger partial charge in [0.2, 0.25) is 11.8 Å². The number of carbonyl (C=O) groups excluding carboxylic acids is 2. The third-order valence-corrected chi connectivity index (χ3v) is 6.31. The van der Waals surface area contributed by atoms with Gasteiger partial charge in [0.05, 0.1) is 12.3 Å². The summed E-state index contributed by atoms with van der Waals surface area (Å²) in [7, 11) is 0. The zero-order valence-electron chi connectivity index (χ0n) is 19.4. The molecule has 0 atom stereocenters. The highest BCUT2D eigenvalue weighted by Crippen LogP contribution is 2.30. The van der Waals surface area contributed by atoms with E-state index in [1.165, 1.54) is 0 Å². The lowest BCUT2D eigenvalue weighted by atomic mass is 9.86. The lowest BCUT2D eigenvalue weighted by Crippen LogP contribution is -2.37. The summed E-state index contributed by atoms with van der Waals surface area (Å²) in [5.74, 6) is -1.69. The van der Waals surface area contributed by atoms with Gasteiger partial charge in [0.15, 0.2) is 5.69 Å². The maximum atomic E-state index is 12.6. The molecule has 11 nitrogen and oxygen atoms in total. The molecule has 0 bridgehead atoms. The van der Waals surface area contributed by atoms with E-state index in [-0.39, 0.29) is 29.3 Å². The Labute approximate surface area is 204 Å². The van der Waals surface area contributed by atoms with Crippen molar-refractivity contribution in [1.29, 1.82) is 0 Å². The van der Waals surface area contributed by atoms with E-state index in [9.17, 15) is 22.8 Å². The Hall–Kier alpha value is -3.71. The van der Waals surface area contributed by atoms with E-state index in [0.29, 0.717) is 44.1 Å². The van der Waals surface area contributed by atoms with Gasteiger partial charge in [-0.3, -0.25) is 9.59 Å². The van der Waals surface area contributed by atoms with Crippen LogP contribution in [0.3, 0.4) is 0 Å². The lowest BCUT2D eigenvalue weighted by Gasteiger charge is -2.32. The molecule has 194 valence electrons. The molecular weight excluding hydrogens is 481 g/mol. The van der Waals surface area contributed by atoms with E-state index in [0.717, 1.165) is 19.3 Å². The monoisotopic (exact) mass is 508 g/mol. The third kappa shape index (κ3) is 6.29. The van der Waals surface area contributed by atoms with Crippen molar-refractivity contribution in [1.82, 2.24) is 25.3 Å². The third-order valence-electron chi connectivity index (χ3n) is 6.31. The average Bonchev–Trinajstić information content (AvgIpc) is 2.81. The summed E-state index contributed by atoms with van der Waals surface area (Å²) in [4.78, 5) is 42.4. The molecule has 36 heavy (non-hydrogen) atoms. The predicted octanol–water partition coefficient (Wildman–Crippen LogP) is 1.80. The number of piperidine rings is 1. The van der Waals surface area contributed by atoms with Gasteiger partial charge in [0.1, 0.15) is 6.54 Å². The van der Waals surface area contributed by atoms with Gasteiger partial charge in [-0.25, -0.2) is 4.98 Å². The van der Waals surface area contributed by atoms with Crippen LogP contribution < -0.4 is 26.4 Å². The number of primary amides is 1. The molecule has 1 saturated carbocycles. The smallest absolute Gasteiger partial charge is 0.405 e. The molecule has 0 aromatic carbocycles. The van der Waals surface area contributed by atoms with Gasteiger partial charge in [0, 0.05) is 24.7 Å². The number of nitrogens with one attached hydrogen (secondary N) is 1. The highest BCUT2D eigenvalue weighted by atomic mass is 19.4. The Balaban J connectivity index is 1.48. The SMILES string of the molecule is NC(=O)c1nc(C2CCN(c3nc(OCC4CCC4)nc(C(=O)NCC(F)(F)F)n3)CC2)ccc1N. The summed E-state index contributed by atoms with van der Waals surface area (Å²) in [6.45, 7) is -0.199. The van der Waals surface area contributed by atoms with E-state index >= 15 is 0 Å². The second kappa shape index (κ2) is 10.5. The van der Waals surface area contributed by atoms with E-state index in [2.05, 4.69) is 19.9 Å². The van der Waals surface area contributed by atoms with Crippen molar-refractivity contribution in [2.75, 3.05) is 36.9 Å². The number of pyridine rings is 1. The molecule has 2 aliphatic rings. The van der Waals surface area contributed by atoms with Crippen molar-refractivity contribution in [3.05, 3.63) is 29.3 Å². The zero-order valence-corrected chi connectivity index (χ0v) is 19.4. The normalized spacial score (nSPS) is 16.9. The van der Waals surface area contributed by atoms with Crippen LogP contribution in [0.4, 0.5) is 24.8 Å². The van der Waals surface area contributed by atoms with Crippen LogP contribution in [-0.4, -0.2) is 64.2 Å². The van der Waals surface area contributed by atoms with Crippen molar-refractivity contribution in [3.63, 3.8) is 0 Å². The summed E-state index contributed by atoms with van der Waals surface area (Å²) in [6.07, 6.45) is -0.187. The average molecular weight is 509 g/mol. The van der Waals surface area contributed by atoms with E-state index in [4.69, 9.17) is 16.2 Å². The lowest BCUT2D eigenvalue weighted by molar-refractivity contribution is -0.123. The minimum Gasteiger partial charge on any atom is -0.463 e. The standard InChI is InChI=1S/C22H27F3N8O3/c23-22(24,25)11-28-19(35)18-30-20(32-21(31-18)36-10-12-2-1-3-12)33-8-6-13(7-9-33)15-5-4-14(26)16(29-15)17(27)34/h4-5,12-13H,1-3,6-11,26H2,(H2,27,34)(H,28,35). The van der Waals surface area contributed by atoms with Gasteiger partial charge in [-0.2, -0.15) is 28.1 Å². The second-order valence-corrected chi connectivity index (χ2v) is 8.95. The molecule has 4 rings (SSSR count). The van der Waals surface area contributed by atoms with Gasteiger partial charge in [-0.1, -0.05) is 6.42 Å². The second-order valence-electron chi connectivity index (χ2n) is 8.95. The number of ether oxygens (including phenoxy) is 1. The van der Waals surface area contributed by atoms with Crippen LogP contribution in [0.15, 0.2) is 12.1 Å². The number of hydrogen-bond acceptors (Lipinski definition) is 9. The summed E-state index contributed by atoms with van der Waals surface area (Å²) in [5, 5.41) is 1.78. The zero-order chi connectivity index (χ0) is 25.9. The quantitative estimate of drug-likeness (QED) is 0.483. The molecule has 5 N–H and O–H groups in total. The first-order valence-electron chi connectivity index (χ1n) is 11.6. The minimum atomic E-state index is -4.57. The molecule has 0 radical (unpaired) electrons. The number of anilines is 2. The minimum absolute atomic E-state index is 0.0191. The molecule has 1 aliphatic heterocycles. The molecule has 1 saturated heterocycles.